The lowest BCUT2D eigenvalue weighted by atomic mass is 9.91. The second-order valence-corrected chi connectivity index (χ2v) is 16.6. The van der Waals surface area contributed by atoms with Gasteiger partial charge in [-0.15, -0.1) is 9.24 Å². The van der Waals surface area contributed by atoms with E-state index >= 15 is 0 Å². The van der Waals surface area contributed by atoms with Crippen LogP contribution in [0.5, 0.6) is 5.88 Å². The van der Waals surface area contributed by atoms with Crippen LogP contribution in [0.2, 0.25) is 0 Å². The zero-order chi connectivity index (χ0) is 33.3. The third-order valence-electron chi connectivity index (χ3n) is 8.40. The Hall–Kier alpha value is -4.23. The summed E-state index contributed by atoms with van der Waals surface area (Å²) in [6, 6.07) is 35.0. The van der Waals surface area contributed by atoms with Gasteiger partial charge in [0.2, 0.25) is 5.88 Å². The smallest absolute Gasteiger partial charge is 0.214 e. The van der Waals surface area contributed by atoms with E-state index in [0.29, 0.717) is 18.2 Å². The number of hydrogen-bond acceptors (Lipinski definition) is 6. The normalized spacial score (nSPS) is 12.6. The van der Waals surface area contributed by atoms with Crippen LogP contribution in [0.15, 0.2) is 120 Å². The Morgan fingerprint density at radius 2 is 1.51 bits per heavy atom. The van der Waals surface area contributed by atoms with E-state index < -0.39 is 25.4 Å². The molecule has 2 unspecified atom stereocenters. The molecular weight excluding hydrogens is 644 g/mol. The SMILES string of the molecule is CS(=O)C(C)(C)c1cc(-c2cccc(-c3ccc(OCc4ccc(P)cc4)nc3-c3ccc(S(C)(=O)=O)cc3)c2)c2ncccc2c1. The molecule has 2 aromatic heterocycles. The minimum Gasteiger partial charge on any atom is -0.473 e. The van der Waals surface area contributed by atoms with E-state index in [1.807, 2.05) is 74.5 Å². The predicted octanol–water partition coefficient (Wildman–Crippen LogP) is 7.73. The molecular formula is C38H35N2O4PS2. The summed E-state index contributed by atoms with van der Waals surface area (Å²) in [5.74, 6) is 0.458. The van der Waals surface area contributed by atoms with Gasteiger partial charge in [-0.3, -0.25) is 9.19 Å². The van der Waals surface area contributed by atoms with Gasteiger partial charge in [0.05, 0.1) is 20.9 Å². The number of nitrogens with zero attached hydrogens (tertiary/aromatic N) is 2. The summed E-state index contributed by atoms with van der Waals surface area (Å²) in [5, 5.41) is 2.07. The molecule has 0 N–H and O–H groups in total. The molecule has 6 aromatic rings. The molecule has 0 saturated heterocycles. The fraction of sp³-hybridized carbons (Fsp3) is 0.158. The van der Waals surface area contributed by atoms with Crippen molar-refractivity contribution < 1.29 is 17.4 Å². The zero-order valence-electron chi connectivity index (χ0n) is 26.6. The maximum atomic E-state index is 12.7. The lowest BCUT2D eigenvalue weighted by Crippen LogP contribution is -2.22. The standard InChI is InChI=1S/C38H35N2O4PS2/c1-38(2,46(3)41)30-22-29-9-6-20-39-36(29)34(23-30)28-8-5-7-27(21-28)33-18-19-35(44-24-25-10-14-31(45)15-11-25)40-37(33)26-12-16-32(17-13-26)47(4,42)43/h5-23H,24,45H2,1-4H3. The van der Waals surface area contributed by atoms with Crippen molar-refractivity contribution in [3.05, 3.63) is 127 Å². The first-order chi connectivity index (χ1) is 22.4. The number of ether oxygens (including phenoxy) is 1. The first kappa shape index (κ1) is 32.7. The van der Waals surface area contributed by atoms with Crippen molar-refractivity contribution in [2.45, 2.75) is 30.1 Å². The zero-order valence-corrected chi connectivity index (χ0v) is 29.4. The van der Waals surface area contributed by atoms with Crippen LogP contribution in [0, 0.1) is 0 Å². The largest absolute Gasteiger partial charge is 0.473 e. The molecule has 6 nitrogen and oxygen atoms in total. The average molecular weight is 679 g/mol. The highest BCUT2D eigenvalue weighted by molar-refractivity contribution is 7.90. The molecule has 0 aliphatic heterocycles. The molecule has 47 heavy (non-hydrogen) atoms. The fourth-order valence-electron chi connectivity index (χ4n) is 5.39. The lowest BCUT2D eigenvalue weighted by molar-refractivity contribution is 0.294. The minimum absolute atomic E-state index is 0.241. The number of pyridine rings is 2. The molecule has 0 amide bonds. The maximum Gasteiger partial charge on any atom is 0.214 e. The van der Waals surface area contributed by atoms with Gasteiger partial charge in [0.25, 0.3) is 0 Å². The molecule has 0 fully saturated rings. The van der Waals surface area contributed by atoms with E-state index in [1.165, 1.54) is 6.26 Å². The first-order valence-corrected chi connectivity index (χ1v) is 19.1. The van der Waals surface area contributed by atoms with E-state index in [4.69, 9.17) is 14.7 Å². The average Bonchev–Trinajstić information content (AvgIpc) is 3.07. The first-order valence-electron chi connectivity index (χ1n) is 15.0. The van der Waals surface area contributed by atoms with E-state index in [9.17, 15) is 12.6 Å². The van der Waals surface area contributed by atoms with Crippen LogP contribution >= 0.6 is 9.24 Å². The van der Waals surface area contributed by atoms with Crippen LogP contribution in [-0.4, -0.2) is 35.1 Å². The quantitative estimate of drug-likeness (QED) is 0.146. The molecule has 2 heterocycles. The van der Waals surface area contributed by atoms with Gasteiger partial charge in [0.1, 0.15) is 6.61 Å². The number of rotatable bonds is 9. The molecule has 0 spiro atoms. The topological polar surface area (TPSA) is 86.2 Å². The Morgan fingerprint density at radius 1 is 0.809 bits per heavy atom. The Morgan fingerprint density at radius 3 is 2.19 bits per heavy atom. The van der Waals surface area contributed by atoms with E-state index in [0.717, 1.165) is 55.2 Å². The van der Waals surface area contributed by atoms with Crippen molar-refractivity contribution in [3.8, 4) is 39.4 Å². The van der Waals surface area contributed by atoms with Crippen molar-refractivity contribution in [1.82, 2.24) is 9.97 Å². The monoisotopic (exact) mass is 678 g/mol. The van der Waals surface area contributed by atoms with Crippen LogP contribution in [0.3, 0.4) is 0 Å². The van der Waals surface area contributed by atoms with Crippen LogP contribution in [0.1, 0.15) is 25.0 Å². The number of aromatic nitrogens is 2. The molecule has 2 atom stereocenters. The van der Waals surface area contributed by atoms with Gasteiger partial charge in [-0.1, -0.05) is 60.7 Å². The maximum absolute atomic E-state index is 12.7. The van der Waals surface area contributed by atoms with Gasteiger partial charge in [0, 0.05) is 57.7 Å². The fourth-order valence-corrected chi connectivity index (χ4v) is 6.66. The van der Waals surface area contributed by atoms with Crippen molar-refractivity contribution in [1.29, 1.82) is 0 Å². The van der Waals surface area contributed by atoms with Gasteiger partial charge >= 0.3 is 0 Å². The summed E-state index contributed by atoms with van der Waals surface area (Å²) in [4.78, 5) is 9.91. The van der Waals surface area contributed by atoms with Crippen LogP contribution < -0.4 is 10.0 Å². The number of sulfone groups is 1. The molecule has 6 rings (SSSR count). The molecule has 9 heteroatoms. The minimum atomic E-state index is -3.36. The predicted molar refractivity (Wildman–Crippen MR) is 196 cm³/mol. The molecule has 0 saturated carbocycles. The Balaban J connectivity index is 1.47. The van der Waals surface area contributed by atoms with Crippen LogP contribution in [-0.2, 0) is 32.0 Å². The third kappa shape index (κ3) is 7.05. The third-order valence-corrected chi connectivity index (χ3v) is 11.6. The number of fused-ring (bicyclic) bond motifs is 1. The molecule has 0 aliphatic carbocycles. The van der Waals surface area contributed by atoms with Crippen LogP contribution in [0.4, 0.5) is 0 Å². The second-order valence-electron chi connectivity index (χ2n) is 12.0. The van der Waals surface area contributed by atoms with E-state index in [2.05, 4.69) is 33.5 Å². The molecule has 4 aromatic carbocycles. The lowest BCUT2D eigenvalue weighted by Gasteiger charge is -2.24. The van der Waals surface area contributed by atoms with Gasteiger partial charge < -0.3 is 4.74 Å². The summed E-state index contributed by atoms with van der Waals surface area (Å²) in [6.07, 6.45) is 4.72. The summed E-state index contributed by atoms with van der Waals surface area (Å²) in [5.41, 5.74) is 7.97. The molecule has 0 radical (unpaired) electrons. The Labute approximate surface area is 280 Å². The highest BCUT2D eigenvalue weighted by Gasteiger charge is 2.27. The van der Waals surface area contributed by atoms with E-state index in [1.54, 1.807) is 36.7 Å². The Bertz CT molecular complexity index is 2230. The number of hydrogen-bond donors (Lipinski definition) is 0. The molecule has 238 valence electrons. The highest BCUT2D eigenvalue weighted by Crippen LogP contribution is 2.38. The van der Waals surface area contributed by atoms with Gasteiger partial charge in [0.15, 0.2) is 9.84 Å². The summed E-state index contributed by atoms with van der Waals surface area (Å²) in [7, 11) is -1.78. The van der Waals surface area contributed by atoms with Gasteiger partial charge in [-0.25, -0.2) is 13.4 Å². The van der Waals surface area contributed by atoms with Crippen LogP contribution in [0.25, 0.3) is 44.4 Å². The second kappa shape index (κ2) is 13.1. The highest BCUT2D eigenvalue weighted by atomic mass is 32.2. The van der Waals surface area contributed by atoms with Crippen molar-refractivity contribution >= 4 is 46.1 Å². The Kier molecular flexibility index (Phi) is 9.12. The van der Waals surface area contributed by atoms with Crippen molar-refractivity contribution in [2.75, 3.05) is 12.5 Å². The summed E-state index contributed by atoms with van der Waals surface area (Å²) in [6.45, 7) is 4.35. The van der Waals surface area contributed by atoms with Gasteiger partial charge in [-0.2, -0.15) is 0 Å². The van der Waals surface area contributed by atoms with E-state index in [-0.39, 0.29) is 4.90 Å². The van der Waals surface area contributed by atoms with Crippen molar-refractivity contribution in [3.63, 3.8) is 0 Å². The molecule has 0 aliphatic rings. The summed E-state index contributed by atoms with van der Waals surface area (Å²) < 4.78 is 42.7. The molecule has 0 bridgehead atoms. The van der Waals surface area contributed by atoms with Crippen molar-refractivity contribution in [2.24, 2.45) is 0 Å². The van der Waals surface area contributed by atoms with Gasteiger partial charge in [-0.05, 0) is 83.9 Å². The number of benzene rings is 4. The summed E-state index contributed by atoms with van der Waals surface area (Å²) >= 11 is 0.